The third-order valence-corrected chi connectivity index (χ3v) is 9.56. The van der Waals surface area contributed by atoms with E-state index in [1.54, 1.807) is 0 Å². The monoisotopic (exact) mass is 792 g/mol. The summed E-state index contributed by atoms with van der Waals surface area (Å²) in [4.78, 5) is 34.8. The van der Waals surface area contributed by atoms with Gasteiger partial charge in [-0.05, 0) is 83.5 Å². The third kappa shape index (κ3) is 40.9. The molecule has 0 amide bonds. The molecular weight excluding hydrogens is 713 g/mol. The normalized spacial score (nSPS) is 14.0. The molecule has 0 fully saturated rings. The highest BCUT2D eigenvalue weighted by molar-refractivity contribution is 7.47. The Morgan fingerprint density at radius 2 is 1.00 bits per heavy atom. The quantitative estimate of drug-likeness (QED) is 0.0270. The van der Waals surface area contributed by atoms with E-state index in [-0.39, 0.29) is 32.6 Å². The van der Waals surface area contributed by atoms with E-state index < -0.39 is 32.5 Å². The zero-order valence-corrected chi connectivity index (χ0v) is 35.5. The second-order valence-corrected chi connectivity index (χ2v) is 15.3. The molecule has 0 heterocycles. The average molecular weight is 792 g/mol. The number of esters is 2. The molecule has 0 saturated carbocycles. The van der Waals surface area contributed by atoms with Crippen molar-refractivity contribution in [3.05, 3.63) is 72.9 Å². The summed E-state index contributed by atoms with van der Waals surface area (Å²) in [6.07, 6.45) is 49.3. The minimum Gasteiger partial charge on any atom is -0.462 e. The van der Waals surface area contributed by atoms with Crippen LogP contribution in [0.2, 0.25) is 0 Å². The van der Waals surface area contributed by atoms with Crippen LogP contribution in [-0.4, -0.2) is 49.3 Å². The summed E-state index contributed by atoms with van der Waals surface area (Å²) in [5.41, 5.74) is 5.34. The molecule has 9 nitrogen and oxygen atoms in total. The molecule has 0 radical (unpaired) electrons. The third-order valence-electron chi connectivity index (χ3n) is 8.58. The van der Waals surface area contributed by atoms with E-state index in [2.05, 4.69) is 86.8 Å². The molecule has 0 aromatic heterocycles. The highest BCUT2D eigenvalue weighted by Crippen LogP contribution is 2.43. The lowest BCUT2D eigenvalue weighted by atomic mass is 10.1. The number of phosphoric acid groups is 1. The van der Waals surface area contributed by atoms with Gasteiger partial charge in [0.05, 0.1) is 13.2 Å². The van der Waals surface area contributed by atoms with E-state index in [0.717, 1.165) is 83.5 Å². The van der Waals surface area contributed by atoms with Crippen molar-refractivity contribution in [2.24, 2.45) is 5.73 Å². The second kappa shape index (κ2) is 41.1. The molecule has 0 aliphatic heterocycles. The van der Waals surface area contributed by atoms with Gasteiger partial charge >= 0.3 is 19.8 Å². The van der Waals surface area contributed by atoms with E-state index in [1.165, 1.54) is 44.9 Å². The van der Waals surface area contributed by atoms with E-state index >= 15 is 0 Å². The maximum atomic E-state index is 12.6. The Kier molecular flexibility index (Phi) is 39.2. The van der Waals surface area contributed by atoms with Crippen LogP contribution in [0.15, 0.2) is 72.9 Å². The maximum Gasteiger partial charge on any atom is 0.472 e. The molecule has 0 bridgehead atoms. The van der Waals surface area contributed by atoms with E-state index in [1.807, 2.05) is 0 Å². The molecule has 0 rings (SSSR count). The number of hydrogen-bond donors (Lipinski definition) is 2. The highest BCUT2D eigenvalue weighted by atomic mass is 31.2. The predicted molar refractivity (Wildman–Crippen MR) is 229 cm³/mol. The molecule has 0 aromatic carbocycles. The lowest BCUT2D eigenvalue weighted by Gasteiger charge is -2.19. The summed E-state index contributed by atoms with van der Waals surface area (Å²) in [5, 5.41) is 0. The molecular formula is C45H78NO8P. The standard InChI is InChI=1S/C45H78NO8P/c1-3-5-7-9-11-13-15-17-19-20-21-22-24-25-27-29-31-33-35-37-44(47)51-41-43(42-53-55(49,50)52-40-39-46)54-45(48)38-36-34-32-30-28-26-23-18-16-14-12-10-8-6-4-2/h5,7,11,13,17-19,21-23,25,27,43H,3-4,6,8-10,12,14-16,20,24,26,28-42,46H2,1-2H3,(H,49,50). The molecule has 0 saturated heterocycles. The first kappa shape index (κ1) is 52.5. The Bertz CT molecular complexity index is 1130. The average Bonchev–Trinajstić information content (AvgIpc) is 3.17. The number of allylic oxidation sites excluding steroid dienone is 12. The fourth-order valence-corrected chi connectivity index (χ4v) is 6.18. The van der Waals surface area contributed by atoms with Crippen molar-refractivity contribution >= 4 is 19.8 Å². The predicted octanol–water partition coefficient (Wildman–Crippen LogP) is 12.3. The van der Waals surface area contributed by atoms with Crippen LogP contribution in [0.25, 0.3) is 0 Å². The van der Waals surface area contributed by atoms with Crippen molar-refractivity contribution in [2.75, 3.05) is 26.4 Å². The summed E-state index contributed by atoms with van der Waals surface area (Å²) in [5.74, 6) is -0.882. The largest absolute Gasteiger partial charge is 0.472 e. The van der Waals surface area contributed by atoms with Crippen molar-refractivity contribution in [1.82, 2.24) is 0 Å². The Labute approximate surface area is 335 Å². The van der Waals surface area contributed by atoms with Crippen LogP contribution >= 0.6 is 7.82 Å². The van der Waals surface area contributed by atoms with Crippen LogP contribution in [0.5, 0.6) is 0 Å². The number of rotatable bonds is 39. The Morgan fingerprint density at radius 3 is 1.53 bits per heavy atom. The van der Waals surface area contributed by atoms with Gasteiger partial charge in [0.15, 0.2) is 6.10 Å². The minimum atomic E-state index is -4.39. The number of phosphoric ester groups is 1. The summed E-state index contributed by atoms with van der Waals surface area (Å²) in [6, 6.07) is 0. The molecule has 0 spiro atoms. The second-order valence-electron chi connectivity index (χ2n) is 13.8. The summed E-state index contributed by atoms with van der Waals surface area (Å²) >= 11 is 0. The highest BCUT2D eigenvalue weighted by Gasteiger charge is 2.26. The molecule has 0 aliphatic rings. The molecule has 3 N–H and O–H groups in total. The number of carbonyl (C=O) groups is 2. The van der Waals surface area contributed by atoms with Crippen LogP contribution in [0.3, 0.4) is 0 Å². The van der Waals surface area contributed by atoms with Crippen LogP contribution in [0.4, 0.5) is 0 Å². The van der Waals surface area contributed by atoms with Crippen LogP contribution in [-0.2, 0) is 32.7 Å². The maximum absolute atomic E-state index is 12.6. The molecule has 0 aliphatic carbocycles. The van der Waals surface area contributed by atoms with Crippen molar-refractivity contribution in [2.45, 2.75) is 174 Å². The SMILES string of the molecule is CCC=CCC=CCC=CCC=CCC=CCCCCCC(=O)OCC(COP(=O)(O)OCCN)OC(=O)CCCCCCCC=CCCCCCCCC. The van der Waals surface area contributed by atoms with E-state index in [4.69, 9.17) is 24.3 Å². The lowest BCUT2D eigenvalue weighted by molar-refractivity contribution is -0.161. The van der Waals surface area contributed by atoms with Crippen LogP contribution < -0.4 is 5.73 Å². The zero-order chi connectivity index (χ0) is 40.3. The molecule has 55 heavy (non-hydrogen) atoms. The molecule has 316 valence electrons. The topological polar surface area (TPSA) is 134 Å². The minimum absolute atomic E-state index is 0.0439. The summed E-state index contributed by atoms with van der Waals surface area (Å²) < 4.78 is 32.7. The first-order valence-electron chi connectivity index (χ1n) is 21.4. The van der Waals surface area contributed by atoms with Gasteiger partial charge in [0.2, 0.25) is 0 Å². The van der Waals surface area contributed by atoms with Gasteiger partial charge in [-0.15, -0.1) is 0 Å². The van der Waals surface area contributed by atoms with Gasteiger partial charge in [0.25, 0.3) is 0 Å². The van der Waals surface area contributed by atoms with Crippen molar-refractivity contribution in [1.29, 1.82) is 0 Å². The molecule has 10 heteroatoms. The number of ether oxygens (including phenoxy) is 2. The molecule has 2 unspecified atom stereocenters. The Morgan fingerprint density at radius 1 is 0.564 bits per heavy atom. The molecule has 0 aromatic rings. The fourth-order valence-electron chi connectivity index (χ4n) is 5.42. The van der Waals surface area contributed by atoms with Gasteiger partial charge < -0.3 is 20.1 Å². The van der Waals surface area contributed by atoms with Gasteiger partial charge in [0.1, 0.15) is 6.61 Å². The number of unbranched alkanes of at least 4 members (excludes halogenated alkanes) is 14. The van der Waals surface area contributed by atoms with Crippen molar-refractivity contribution in [3.63, 3.8) is 0 Å². The van der Waals surface area contributed by atoms with Crippen molar-refractivity contribution < 1.29 is 37.6 Å². The first-order chi connectivity index (χ1) is 26.8. The van der Waals surface area contributed by atoms with Gasteiger partial charge in [-0.2, -0.15) is 0 Å². The smallest absolute Gasteiger partial charge is 0.462 e. The van der Waals surface area contributed by atoms with E-state index in [9.17, 15) is 19.0 Å². The Balaban J connectivity index is 4.25. The summed E-state index contributed by atoms with van der Waals surface area (Å²) in [6.45, 7) is 3.55. The first-order valence-corrected chi connectivity index (χ1v) is 22.9. The molecule has 2 atom stereocenters. The van der Waals surface area contributed by atoms with Gasteiger partial charge in [-0.25, -0.2) is 4.57 Å². The van der Waals surface area contributed by atoms with Gasteiger partial charge in [0, 0.05) is 19.4 Å². The van der Waals surface area contributed by atoms with Crippen LogP contribution in [0, 0.1) is 0 Å². The fraction of sp³-hybridized carbons (Fsp3) is 0.689. The summed E-state index contributed by atoms with van der Waals surface area (Å²) in [7, 11) is -4.39. The number of carbonyl (C=O) groups excluding carboxylic acids is 2. The zero-order valence-electron chi connectivity index (χ0n) is 34.6. The Hall–Kier alpha value is -2.55. The number of nitrogens with two attached hydrogens (primary N) is 1. The van der Waals surface area contributed by atoms with Gasteiger partial charge in [-0.1, -0.05) is 145 Å². The van der Waals surface area contributed by atoms with Crippen molar-refractivity contribution in [3.8, 4) is 0 Å². The van der Waals surface area contributed by atoms with E-state index in [0.29, 0.717) is 12.8 Å². The number of hydrogen-bond acceptors (Lipinski definition) is 8. The van der Waals surface area contributed by atoms with Crippen LogP contribution in [0.1, 0.15) is 168 Å². The van der Waals surface area contributed by atoms with Gasteiger partial charge in [-0.3, -0.25) is 18.6 Å². The lowest BCUT2D eigenvalue weighted by Crippen LogP contribution is -2.29.